The molecule has 0 atom stereocenters. The maximum atomic E-state index is 3.68. The third-order valence-electron chi connectivity index (χ3n) is 1.07. The van der Waals surface area contributed by atoms with Gasteiger partial charge < -0.3 is 0 Å². The van der Waals surface area contributed by atoms with Crippen molar-refractivity contribution in [2.45, 2.75) is 20.8 Å². The van der Waals surface area contributed by atoms with Gasteiger partial charge in [0.2, 0.25) is 0 Å². The van der Waals surface area contributed by atoms with E-state index in [2.05, 4.69) is 40.0 Å². The molecular formula is C10H16. The highest BCUT2D eigenvalue weighted by molar-refractivity contribution is 5.28. The Morgan fingerprint density at radius 3 is 1.60 bits per heavy atom. The predicted molar refractivity (Wildman–Crippen MR) is 47.9 cm³/mol. The first-order valence-electron chi connectivity index (χ1n) is 3.47. The van der Waals surface area contributed by atoms with Crippen LogP contribution in [0.2, 0.25) is 0 Å². The third kappa shape index (κ3) is 4.13. The molecule has 0 radical (unpaired) electrons. The van der Waals surface area contributed by atoms with Crippen molar-refractivity contribution in [1.29, 1.82) is 0 Å². The summed E-state index contributed by atoms with van der Waals surface area (Å²) in [5.74, 6) is 0. The lowest BCUT2D eigenvalue weighted by Crippen LogP contribution is -1.99. The van der Waals surface area contributed by atoms with E-state index in [9.17, 15) is 0 Å². The first-order valence-corrected chi connectivity index (χ1v) is 3.47. The fraction of sp³-hybridized carbons (Fsp3) is 0.400. The molecule has 0 bridgehead atoms. The summed E-state index contributed by atoms with van der Waals surface area (Å²) in [6.45, 7) is 13.8. The maximum absolute atomic E-state index is 3.68. The molecule has 0 heteroatoms. The molecule has 0 saturated heterocycles. The monoisotopic (exact) mass is 136 g/mol. The lowest BCUT2D eigenvalue weighted by atomic mass is 9.93. The lowest BCUT2D eigenvalue weighted by molar-refractivity contribution is 0.542. The van der Waals surface area contributed by atoms with Crippen molar-refractivity contribution in [3.63, 3.8) is 0 Å². The van der Waals surface area contributed by atoms with Crippen LogP contribution in [0.4, 0.5) is 0 Å². The van der Waals surface area contributed by atoms with E-state index in [4.69, 9.17) is 0 Å². The van der Waals surface area contributed by atoms with Crippen LogP contribution in [0.5, 0.6) is 0 Å². The predicted octanol–water partition coefficient (Wildman–Crippen LogP) is 3.33. The summed E-state index contributed by atoms with van der Waals surface area (Å²) in [5.41, 5.74) is 1.32. The van der Waals surface area contributed by atoms with Crippen LogP contribution in [0, 0.1) is 5.41 Å². The molecule has 56 valence electrons. The van der Waals surface area contributed by atoms with Crippen LogP contribution < -0.4 is 0 Å². The molecule has 0 aliphatic carbocycles. The molecule has 0 fully saturated rings. The maximum Gasteiger partial charge on any atom is -0.0194 e. The van der Waals surface area contributed by atoms with Crippen LogP contribution in [0.1, 0.15) is 20.8 Å². The van der Waals surface area contributed by atoms with Gasteiger partial charge in [0, 0.05) is 0 Å². The number of rotatable bonds is 2. The minimum Gasteiger partial charge on any atom is -0.0985 e. The molecule has 0 amide bonds. The molecule has 0 unspecified atom stereocenters. The molecule has 10 heavy (non-hydrogen) atoms. The van der Waals surface area contributed by atoms with Gasteiger partial charge in [-0.2, -0.15) is 0 Å². The highest BCUT2D eigenvalue weighted by Gasteiger charge is 2.04. The normalized spacial score (nSPS) is 10.3. The van der Waals surface area contributed by atoms with Gasteiger partial charge in [-0.3, -0.25) is 0 Å². The highest BCUT2D eigenvalue weighted by atomic mass is 14.1. The zero-order valence-electron chi connectivity index (χ0n) is 7.15. The Kier molecular flexibility index (Phi) is 3.14. The number of hydrogen-bond donors (Lipinski definition) is 0. The van der Waals surface area contributed by atoms with Crippen molar-refractivity contribution < 1.29 is 0 Å². The second-order valence-electron chi connectivity index (χ2n) is 3.42. The van der Waals surface area contributed by atoms with Gasteiger partial charge >= 0.3 is 0 Å². The van der Waals surface area contributed by atoms with Crippen LogP contribution in [-0.4, -0.2) is 0 Å². The Bertz CT molecular complexity index is 143. The average Bonchev–Trinajstić information content (AvgIpc) is 1.81. The van der Waals surface area contributed by atoms with E-state index in [1.54, 1.807) is 0 Å². The van der Waals surface area contributed by atoms with E-state index in [-0.39, 0.29) is 5.41 Å². The first kappa shape index (κ1) is 9.22. The van der Waals surface area contributed by atoms with Gasteiger partial charge in [0.15, 0.2) is 0 Å². The molecule has 0 heterocycles. The van der Waals surface area contributed by atoms with Gasteiger partial charge in [-0.15, -0.1) is 0 Å². The standard InChI is InChI=1S/C10H16/c1-6-9(7-2)8-10(3,4)5/h6-8H,1-2H2,3-5H3. The molecule has 0 aromatic rings. The third-order valence-corrected chi connectivity index (χ3v) is 1.07. The quantitative estimate of drug-likeness (QED) is 0.511. The molecule has 0 aromatic carbocycles. The van der Waals surface area contributed by atoms with E-state index in [1.807, 2.05) is 12.2 Å². The fourth-order valence-corrected chi connectivity index (χ4v) is 0.701. The number of hydrogen-bond acceptors (Lipinski definition) is 0. The Balaban J connectivity index is 4.39. The second kappa shape index (κ2) is 3.40. The van der Waals surface area contributed by atoms with E-state index >= 15 is 0 Å². The number of allylic oxidation sites excluding steroid dienone is 4. The second-order valence-corrected chi connectivity index (χ2v) is 3.42. The highest BCUT2D eigenvalue weighted by Crippen LogP contribution is 2.17. The van der Waals surface area contributed by atoms with Gasteiger partial charge in [0.05, 0.1) is 0 Å². The van der Waals surface area contributed by atoms with Gasteiger partial charge in [-0.25, -0.2) is 0 Å². The van der Waals surface area contributed by atoms with Gasteiger partial charge in [0.1, 0.15) is 0 Å². The largest absolute Gasteiger partial charge is 0.0985 e. The van der Waals surface area contributed by atoms with Crippen molar-refractivity contribution in [3.8, 4) is 0 Å². The summed E-state index contributed by atoms with van der Waals surface area (Å²) in [4.78, 5) is 0. The van der Waals surface area contributed by atoms with Gasteiger partial charge in [-0.1, -0.05) is 52.2 Å². The molecule has 0 rings (SSSR count). The summed E-state index contributed by atoms with van der Waals surface area (Å²) in [7, 11) is 0. The molecule has 0 saturated carbocycles. The van der Waals surface area contributed by atoms with Crippen LogP contribution in [0.15, 0.2) is 37.0 Å². The summed E-state index contributed by atoms with van der Waals surface area (Å²) in [6, 6.07) is 0. The minimum atomic E-state index is 0.220. The smallest absolute Gasteiger partial charge is 0.0194 e. The average molecular weight is 136 g/mol. The van der Waals surface area contributed by atoms with Crippen molar-refractivity contribution in [2.75, 3.05) is 0 Å². The molecular weight excluding hydrogens is 120 g/mol. The Morgan fingerprint density at radius 2 is 1.50 bits per heavy atom. The van der Waals surface area contributed by atoms with E-state index in [0.717, 1.165) is 5.57 Å². The minimum absolute atomic E-state index is 0.220. The molecule has 0 aromatic heterocycles. The van der Waals surface area contributed by atoms with Crippen LogP contribution in [-0.2, 0) is 0 Å². The topological polar surface area (TPSA) is 0 Å². The SMILES string of the molecule is C=CC(C=C)=CC(C)(C)C. The summed E-state index contributed by atoms with van der Waals surface area (Å²) >= 11 is 0. The van der Waals surface area contributed by atoms with Crippen LogP contribution in [0.3, 0.4) is 0 Å². The summed E-state index contributed by atoms with van der Waals surface area (Å²) in [6.07, 6.45) is 5.78. The zero-order valence-corrected chi connectivity index (χ0v) is 7.15. The van der Waals surface area contributed by atoms with Crippen molar-refractivity contribution in [2.24, 2.45) is 5.41 Å². The Hall–Kier alpha value is -0.780. The van der Waals surface area contributed by atoms with E-state index in [0.29, 0.717) is 0 Å². The van der Waals surface area contributed by atoms with Crippen molar-refractivity contribution in [3.05, 3.63) is 37.0 Å². The van der Waals surface area contributed by atoms with Gasteiger partial charge in [-0.05, 0) is 11.0 Å². The molecule has 0 aliphatic heterocycles. The van der Waals surface area contributed by atoms with E-state index < -0.39 is 0 Å². The van der Waals surface area contributed by atoms with Crippen LogP contribution in [0.25, 0.3) is 0 Å². The lowest BCUT2D eigenvalue weighted by Gasteiger charge is -2.12. The molecule has 0 aliphatic rings. The molecule has 0 N–H and O–H groups in total. The van der Waals surface area contributed by atoms with Crippen LogP contribution >= 0.6 is 0 Å². The van der Waals surface area contributed by atoms with Crippen molar-refractivity contribution >= 4 is 0 Å². The first-order chi connectivity index (χ1) is 4.49. The molecule has 0 spiro atoms. The molecule has 0 nitrogen and oxygen atoms in total. The summed E-state index contributed by atoms with van der Waals surface area (Å²) < 4.78 is 0. The Morgan fingerprint density at radius 1 is 1.10 bits per heavy atom. The fourth-order valence-electron chi connectivity index (χ4n) is 0.701. The zero-order chi connectivity index (χ0) is 8.20. The summed E-state index contributed by atoms with van der Waals surface area (Å²) in [5, 5.41) is 0. The van der Waals surface area contributed by atoms with E-state index in [1.165, 1.54) is 0 Å². The Labute approximate surface area is 64.0 Å². The van der Waals surface area contributed by atoms with Crippen molar-refractivity contribution in [1.82, 2.24) is 0 Å². The van der Waals surface area contributed by atoms with Gasteiger partial charge in [0.25, 0.3) is 0 Å².